The van der Waals surface area contributed by atoms with Crippen LogP contribution in [-0.2, 0) is 4.79 Å². The number of carbonyl (C=O) groups is 1. The predicted molar refractivity (Wildman–Crippen MR) is 118 cm³/mol. The topological polar surface area (TPSA) is 113 Å². The number of aliphatic hydroxyl groups is 2. The first-order chi connectivity index (χ1) is 14.5. The summed E-state index contributed by atoms with van der Waals surface area (Å²) >= 11 is 0. The van der Waals surface area contributed by atoms with E-state index < -0.39 is 23.7 Å². The van der Waals surface area contributed by atoms with E-state index in [1.165, 1.54) is 75.6 Å². The van der Waals surface area contributed by atoms with Crippen molar-refractivity contribution in [2.24, 2.45) is 0 Å². The Kier molecular flexibility index (Phi) is 13.7. The van der Waals surface area contributed by atoms with Crippen LogP contribution in [0.3, 0.4) is 0 Å². The van der Waals surface area contributed by atoms with Crippen LogP contribution in [0.5, 0.6) is 0 Å². The number of nitrogens with one attached hydrogen (secondary N) is 1. The molecule has 0 fully saturated rings. The maximum atomic E-state index is 12.1. The van der Waals surface area contributed by atoms with Crippen LogP contribution >= 0.6 is 0 Å². The van der Waals surface area contributed by atoms with E-state index in [-0.39, 0.29) is 11.6 Å². The van der Waals surface area contributed by atoms with Gasteiger partial charge in [0.2, 0.25) is 5.91 Å². The number of amides is 1. The number of nitro benzene ring substituents is 1. The maximum absolute atomic E-state index is 12.1. The number of nitro groups is 1. The molecule has 7 heteroatoms. The summed E-state index contributed by atoms with van der Waals surface area (Å²) in [7, 11) is 0. The summed E-state index contributed by atoms with van der Waals surface area (Å²) in [5.41, 5.74) is 0.335. The van der Waals surface area contributed by atoms with Gasteiger partial charge in [-0.1, -0.05) is 71.1 Å². The third-order valence-corrected chi connectivity index (χ3v) is 5.38. The molecule has 0 aliphatic carbocycles. The molecule has 1 aromatic rings. The highest BCUT2D eigenvalue weighted by molar-refractivity contribution is 5.76. The standard InChI is InChI=1S/C23H38N2O5/c1-2-3-4-5-6-7-8-9-10-11-12-13-22(27)24-21(18-26)23(28)19-14-16-20(17-15-19)25(29)30/h14-17,21,23,26,28H,2-13,18H2,1H3,(H,24,27)/t21-,23-/m0/s1. The van der Waals surface area contributed by atoms with E-state index in [0.29, 0.717) is 12.0 Å². The summed E-state index contributed by atoms with van der Waals surface area (Å²) in [4.78, 5) is 22.3. The summed E-state index contributed by atoms with van der Waals surface area (Å²) in [5, 5.41) is 33.3. The minimum atomic E-state index is -1.13. The molecule has 0 bridgehead atoms. The van der Waals surface area contributed by atoms with Crippen molar-refractivity contribution in [1.82, 2.24) is 5.32 Å². The van der Waals surface area contributed by atoms with Gasteiger partial charge in [0.15, 0.2) is 0 Å². The first kappa shape index (κ1) is 26.0. The maximum Gasteiger partial charge on any atom is 0.269 e. The van der Waals surface area contributed by atoms with E-state index in [1.54, 1.807) is 0 Å². The fourth-order valence-electron chi connectivity index (χ4n) is 3.48. The first-order valence-electron chi connectivity index (χ1n) is 11.3. The van der Waals surface area contributed by atoms with Crippen molar-refractivity contribution in [3.8, 4) is 0 Å². The number of non-ortho nitro benzene ring substituents is 1. The fraction of sp³-hybridized carbons (Fsp3) is 0.696. The third-order valence-electron chi connectivity index (χ3n) is 5.38. The molecule has 0 spiro atoms. The monoisotopic (exact) mass is 422 g/mol. The van der Waals surface area contributed by atoms with E-state index in [4.69, 9.17) is 0 Å². The molecule has 7 nitrogen and oxygen atoms in total. The van der Waals surface area contributed by atoms with Gasteiger partial charge in [0.1, 0.15) is 6.10 Å². The fourth-order valence-corrected chi connectivity index (χ4v) is 3.48. The van der Waals surface area contributed by atoms with Crippen molar-refractivity contribution in [3.05, 3.63) is 39.9 Å². The number of rotatable bonds is 17. The van der Waals surface area contributed by atoms with E-state index >= 15 is 0 Å². The molecule has 2 atom stereocenters. The zero-order chi connectivity index (χ0) is 22.2. The second kappa shape index (κ2) is 15.8. The number of aliphatic hydroxyl groups excluding tert-OH is 2. The summed E-state index contributed by atoms with van der Waals surface area (Å²) in [5.74, 6) is -0.203. The number of benzene rings is 1. The Morgan fingerprint density at radius 1 is 0.967 bits per heavy atom. The van der Waals surface area contributed by atoms with Gasteiger partial charge in [-0.2, -0.15) is 0 Å². The summed E-state index contributed by atoms with van der Waals surface area (Å²) in [6.45, 7) is 1.81. The Morgan fingerprint density at radius 3 is 1.93 bits per heavy atom. The lowest BCUT2D eigenvalue weighted by Gasteiger charge is -2.22. The van der Waals surface area contributed by atoms with Crippen molar-refractivity contribution < 1.29 is 19.9 Å². The highest BCUT2D eigenvalue weighted by atomic mass is 16.6. The molecule has 3 N–H and O–H groups in total. The van der Waals surface area contributed by atoms with Gasteiger partial charge in [-0.3, -0.25) is 14.9 Å². The van der Waals surface area contributed by atoms with E-state index in [2.05, 4.69) is 12.2 Å². The molecule has 30 heavy (non-hydrogen) atoms. The van der Waals surface area contributed by atoms with Gasteiger partial charge in [0.05, 0.1) is 17.6 Å². The molecule has 1 rings (SSSR count). The number of hydrogen-bond donors (Lipinski definition) is 3. The highest BCUT2D eigenvalue weighted by Crippen LogP contribution is 2.20. The molecule has 0 aliphatic heterocycles. The van der Waals surface area contributed by atoms with Crippen molar-refractivity contribution in [2.75, 3.05) is 6.61 Å². The van der Waals surface area contributed by atoms with Crippen LogP contribution in [0.1, 0.15) is 95.6 Å². The molecule has 170 valence electrons. The molecule has 0 aliphatic rings. The van der Waals surface area contributed by atoms with Crippen LogP contribution in [0.25, 0.3) is 0 Å². The molecule has 0 radical (unpaired) electrons. The first-order valence-corrected chi connectivity index (χ1v) is 11.3. The third kappa shape index (κ3) is 10.7. The second-order valence-corrected chi connectivity index (χ2v) is 7.94. The lowest BCUT2D eigenvalue weighted by molar-refractivity contribution is -0.384. The van der Waals surface area contributed by atoms with Crippen molar-refractivity contribution in [1.29, 1.82) is 0 Å². The number of unbranched alkanes of at least 4 members (excludes halogenated alkanes) is 10. The smallest absolute Gasteiger partial charge is 0.269 e. The average Bonchev–Trinajstić information content (AvgIpc) is 2.75. The van der Waals surface area contributed by atoms with Gasteiger partial charge in [-0.15, -0.1) is 0 Å². The van der Waals surface area contributed by atoms with Crippen LogP contribution in [0.4, 0.5) is 5.69 Å². The zero-order valence-corrected chi connectivity index (χ0v) is 18.2. The van der Waals surface area contributed by atoms with Gasteiger partial charge in [0.25, 0.3) is 5.69 Å². The van der Waals surface area contributed by atoms with Crippen molar-refractivity contribution in [3.63, 3.8) is 0 Å². The Labute approximate surface area is 180 Å². The largest absolute Gasteiger partial charge is 0.394 e. The summed E-state index contributed by atoms with van der Waals surface area (Å²) in [6.07, 6.45) is 12.5. The number of carbonyl (C=O) groups excluding carboxylic acids is 1. The molecule has 0 heterocycles. The highest BCUT2D eigenvalue weighted by Gasteiger charge is 2.22. The second-order valence-electron chi connectivity index (χ2n) is 7.94. The van der Waals surface area contributed by atoms with Crippen LogP contribution < -0.4 is 5.32 Å². The number of nitrogens with zero attached hydrogens (tertiary/aromatic N) is 1. The van der Waals surface area contributed by atoms with Gasteiger partial charge in [0, 0.05) is 18.6 Å². The molecule has 1 amide bonds. The molecule has 1 aromatic carbocycles. The summed E-state index contributed by atoms with van der Waals surface area (Å²) < 4.78 is 0. The van der Waals surface area contributed by atoms with E-state index in [0.717, 1.165) is 19.3 Å². The lowest BCUT2D eigenvalue weighted by atomic mass is 10.0. The van der Waals surface area contributed by atoms with Gasteiger partial charge in [-0.25, -0.2) is 0 Å². The Bertz CT molecular complexity index is 606. The normalized spacial score (nSPS) is 13.0. The molecule has 0 aromatic heterocycles. The van der Waals surface area contributed by atoms with Gasteiger partial charge in [-0.05, 0) is 24.1 Å². The van der Waals surface area contributed by atoms with Crippen LogP contribution in [0, 0.1) is 10.1 Å². The SMILES string of the molecule is CCCCCCCCCCCCCC(=O)N[C@@H](CO)[C@@H](O)c1ccc([N+](=O)[O-])cc1. The Morgan fingerprint density at radius 2 is 1.47 bits per heavy atom. The van der Waals surface area contributed by atoms with Crippen LogP contribution in [-0.4, -0.2) is 33.7 Å². The van der Waals surface area contributed by atoms with E-state index in [1.807, 2.05) is 0 Å². The van der Waals surface area contributed by atoms with Crippen molar-refractivity contribution >= 4 is 11.6 Å². The number of hydrogen-bond acceptors (Lipinski definition) is 5. The zero-order valence-electron chi connectivity index (χ0n) is 18.2. The molecule has 0 saturated heterocycles. The van der Waals surface area contributed by atoms with E-state index in [9.17, 15) is 25.1 Å². The quantitative estimate of drug-likeness (QED) is 0.189. The summed E-state index contributed by atoms with van der Waals surface area (Å²) in [6, 6.07) is 4.61. The minimum absolute atomic E-state index is 0.0768. The van der Waals surface area contributed by atoms with Crippen LogP contribution in [0.15, 0.2) is 24.3 Å². The predicted octanol–water partition coefficient (Wildman–Crippen LogP) is 4.81. The van der Waals surface area contributed by atoms with Crippen LogP contribution in [0.2, 0.25) is 0 Å². The molecule has 0 saturated carbocycles. The average molecular weight is 423 g/mol. The molecular weight excluding hydrogens is 384 g/mol. The lowest BCUT2D eigenvalue weighted by Crippen LogP contribution is -2.41. The molecule has 0 unspecified atom stereocenters. The molecular formula is C23H38N2O5. The Hall–Kier alpha value is -1.99. The Balaban J connectivity index is 2.20. The van der Waals surface area contributed by atoms with Gasteiger partial charge < -0.3 is 15.5 Å². The minimum Gasteiger partial charge on any atom is -0.394 e. The van der Waals surface area contributed by atoms with Crippen molar-refractivity contribution in [2.45, 2.75) is 96.1 Å². The van der Waals surface area contributed by atoms with Gasteiger partial charge >= 0.3 is 0 Å².